The predicted octanol–water partition coefficient (Wildman–Crippen LogP) is -0.0945. The lowest BCUT2D eigenvalue weighted by Crippen LogP contribution is -2.36. The van der Waals surface area contributed by atoms with Gasteiger partial charge in [-0.25, -0.2) is 18.7 Å². The molecule has 1 fully saturated rings. The number of alkyl halides is 1. The van der Waals surface area contributed by atoms with E-state index in [1.807, 2.05) is 6.26 Å². The van der Waals surface area contributed by atoms with Crippen molar-refractivity contribution in [2.75, 3.05) is 17.7 Å². The highest BCUT2D eigenvalue weighted by atomic mass is 32.2. The molecule has 26 heavy (non-hydrogen) atoms. The van der Waals surface area contributed by atoms with Crippen molar-refractivity contribution in [2.45, 2.75) is 50.6 Å². The fraction of sp³-hybridized carbons (Fsp3) is 0.667. The van der Waals surface area contributed by atoms with E-state index in [2.05, 4.69) is 9.97 Å². The number of hydrogen-bond acceptors (Lipinski definition) is 8. The van der Waals surface area contributed by atoms with Gasteiger partial charge in [0.15, 0.2) is 18.0 Å². The highest BCUT2D eigenvalue weighted by Gasteiger charge is 2.49. The number of aliphatic hydroxyl groups is 2. The number of aryl methyl sites for hydroxylation is 1. The van der Waals surface area contributed by atoms with Crippen molar-refractivity contribution in [2.24, 2.45) is 0 Å². The van der Waals surface area contributed by atoms with E-state index < -0.39 is 36.4 Å². The van der Waals surface area contributed by atoms with Gasteiger partial charge in [-0.15, -0.1) is 0 Å². The van der Waals surface area contributed by atoms with E-state index in [0.29, 0.717) is 17.8 Å². The maximum Gasteiger partial charge on any atom is 0.332 e. The largest absolute Gasteiger partial charge is 0.390 e. The Morgan fingerprint density at radius 1 is 1.54 bits per heavy atom. The molecule has 0 aromatic carbocycles. The summed E-state index contributed by atoms with van der Waals surface area (Å²) >= 11 is 1.56. The van der Waals surface area contributed by atoms with Crippen LogP contribution in [0.15, 0.2) is 11.0 Å². The number of hydrogen-bond donors (Lipinski definition) is 3. The van der Waals surface area contributed by atoms with E-state index in [-0.39, 0.29) is 18.0 Å². The maximum absolute atomic E-state index is 14.5. The van der Waals surface area contributed by atoms with Gasteiger partial charge in [-0.3, -0.25) is 4.57 Å². The van der Waals surface area contributed by atoms with Gasteiger partial charge in [0, 0.05) is 12.3 Å². The SMILES string of the molecule is CC[C@H](O)[C@H]1O[C@@H](n2c(=O)n(CCSC)c3cnc(N)nc32)[C@H](O)[C@H]1F. The van der Waals surface area contributed by atoms with Crippen LogP contribution in [0.1, 0.15) is 19.6 Å². The van der Waals surface area contributed by atoms with Crippen LogP contribution in [0.25, 0.3) is 11.2 Å². The van der Waals surface area contributed by atoms with E-state index in [1.54, 1.807) is 18.7 Å². The van der Waals surface area contributed by atoms with E-state index in [1.165, 1.54) is 10.8 Å². The van der Waals surface area contributed by atoms with Crippen molar-refractivity contribution < 1.29 is 19.3 Å². The number of nitrogen functional groups attached to an aromatic ring is 1. The normalized spacial score (nSPS) is 27.3. The Kier molecular flexibility index (Phi) is 5.51. The highest BCUT2D eigenvalue weighted by molar-refractivity contribution is 7.98. The minimum atomic E-state index is -1.83. The van der Waals surface area contributed by atoms with Crippen LogP contribution in [0.3, 0.4) is 0 Å². The summed E-state index contributed by atoms with van der Waals surface area (Å²) < 4.78 is 22.5. The van der Waals surface area contributed by atoms with Gasteiger partial charge in [-0.2, -0.15) is 16.7 Å². The van der Waals surface area contributed by atoms with Gasteiger partial charge in [-0.05, 0) is 12.7 Å². The molecule has 1 saturated heterocycles. The third-order valence-corrected chi connectivity index (χ3v) is 5.12. The third kappa shape index (κ3) is 3.08. The minimum absolute atomic E-state index is 0.0531. The summed E-state index contributed by atoms with van der Waals surface area (Å²) in [6.45, 7) is 2.06. The summed E-state index contributed by atoms with van der Waals surface area (Å²) in [6, 6.07) is 0. The summed E-state index contributed by atoms with van der Waals surface area (Å²) in [6.07, 6.45) is -3.49. The molecule has 2 aromatic rings. The monoisotopic (exact) mass is 387 g/mol. The van der Waals surface area contributed by atoms with Crippen LogP contribution in [-0.2, 0) is 11.3 Å². The Morgan fingerprint density at radius 3 is 2.92 bits per heavy atom. The number of anilines is 1. The first-order valence-corrected chi connectivity index (χ1v) is 9.67. The number of nitrogens with two attached hydrogens (primary N) is 1. The van der Waals surface area contributed by atoms with Crippen molar-refractivity contribution in [1.82, 2.24) is 19.1 Å². The van der Waals surface area contributed by atoms with Crippen molar-refractivity contribution >= 4 is 28.9 Å². The molecular weight excluding hydrogens is 365 g/mol. The second kappa shape index (κ2) is 7.51. The molecule has 0 spiro atoms. The maximum atomic E-state index is 14.5. The standard InChI is InChI=1S/C15H22FN5O4S/c1-3-8(22)11-9(16)10(23)13(25-11)21-12-7(6-18-14(17)19-12)20(15(21)24)4-5-26-2/h6,8-11,13,22-23H,3-5H2,1-2H3,(H2,17,18,19)/t8-,9+,10+,11+,13+/m0/s1. The van der Waals surface area contributed by atoms with Crippen molar-refractivity contribution in [3.05, 3.63) is 16.7 Å². The number of aromatic nitrogens is 4. The molecule has 1 aliphatic heterocycles. The fourth-order valence-corrected chi connectivity index (χ4v) is 3.48. The van der Waals surface area contributed by atoms with Gasteiger partial charge in [0.1, 0.15) is 17.7 Å². The average molecular weight is 387 g/mol. The number of halogens is 1. The van der Waals surface area contributed by atoms with Crippen LogP contribution in [0.2, 0.25) is 0 Å². The number of aliphatic hydroxyl groups excluding tert-OH is 2. The number of fused-ring (bicyclic) bond motifs is 1. The molecule has 5 atom stereocenters. The molecule has 4 N–H and O–H groups in total. The molecular formula is C15H22FN5O4S. The molecule has 0 saturated carbocycles. The van der Waals surface area contributed by atoms with E-state index in [4.69, 9.17) is 10.5 Å². The zero-order valence-corrected chi connectivity index (χ0v) is 15.3. The molecule has 11 heteroatoms. The molecule has 0 unspecified atom stereocenters. The predicted molar refractivity (Wildman–Crippen MR) is 95.7 cm³/mol. The minimum Gasteiger partial charge on any atom is -0.390 e. The van der Waals surface area contributed by atoms with Crippen molar-refractivity contribution in [3.63, 3.8) is 0 Å². The van der Waals surface area contributed by atoms with Crippen LogP contribution < -0.4 is 11.4 Å². The van der Waals surface area contributed by atoms with Gasteiger partial charge in [0.25, 0.3) is 0 Å². The first kappa shape index (κ1) is 19.1. The van der Waals surface area contributed by atoms with Gasteiger partial charge in [0.2, 0.25) is 5.95 Å². The fourth-order valence-electron chi connectivity index (χ4n) is 3.12. The summed E-state index contributed by atoms with van der Waals surface area (Å²) in [5.41, 5.74) is 5.72. The zero-order chi connectivity index (χ0) is 19.0. The van der Waals surface area contributed by atoms with Gasteiger partial charge in [0.05, 0.1) is 12.3 Å². The highest BCUT2D eigenvalue weighted by Crippen LogP contribution is 2.34. The topological polar surface area (TPSA) is 128 Å². The lowest BCUT2D eigenvalue weighted by Gasteiger charge is -2.18. The number of rotatable bonds is 6. The summed E-state index contributed by atoms with van der Waals surface area (Å²) in [7, 11) is 0. The number of nitrogens with zero attached hydrogens (tertiary/aromatic N) is 4. The first-order chi connectivity index (χ1) is 12.4. The van der Waals surface area contributed by atoms with Gasteiger partial charge < -0.3 is 20.7 Å². The molecule has 1 aliphatic rings. The van der Waals surface area contributed by atoms with E-state index in [9.17, 15) is 19.4 Å². The van der Waals surface area contributed by atoms with Crippen molar-refractivity contribution in [3.8, 4) is 0 Å². The van der Waals surface area contributed by atoms with Crippen LogP contribution in [0.4, 0.5) is 10.3 Å². The van der Waals surface area contributed by atoms with E-state index in [0.717, 1.165) is 4.57 Å². The molecule has 2 aromatic heterocycles. The molecule has 144 valence electrons. The average Bonchev–Trinajstić information content (AvgIpc) is 3.06. The smallest absolute Gasteiger partial charge is 0.332 e. The molecule has 3 heterocycles. The van der Waals surface area contributed by atoms with Crippen LogP contribution >= 0.6 is 11.8 Å². The van der Waals surface area contributed by atoms with Gasteiger partial charge in [-0.1, -0.05) is 6.92 Å². The second-order valence-corrected chi connectivity index (χ2v) is 7.12. The molecule has 9 nitrogen and oxygen atoms in total. The molecule has 0 aliphatic carbocycles. The van der Waals surface area contributed by atoms with Crippen molar-refractivity contribution in [1.29, 1.82) is 0 Å². The number of imidazole rings is 1. The quantitative estimate of drug-likeness (QED) is 0.627. The molecule has 0 radical (unpaired) electrons. The Bertz CT molecular complexity index is 843. The second-order valence-electron chi connectivity index (χ2n) is 6.14. The van der Waals surface area contributed by atoms with Gasteiger partial charge >= 0.3 is 5.69 Å². The molecule has 0 amide bonds. The third-order valence-electron chi connectivity index (χ3n) is 4.52. The Labute approximate surface area is 153 Å². The van der Waals surface area contributed by atoms with Crippen LogP contribution in [0, 0.1) is 0 Å². The first-order valence-electron chi connectivity index (χ1n) is 8.28. The Hall–Kier alpha value is -1.69. The number of ether oxygens (including phenoxy) is 1. The Balaban J connectivity index is 2.11. The molecule has 3 rings (SSSR count). The molecule has 0 bridgehead atoms. The summed E-state index contributed by atoms with van der Waals surface area (Å²) in [5, 5.41) is 20.2. The lowest BCUT2D eigenvalue weighted by atomic mass is 10.1. The summed E-state index contributed by atoms with van der Waals surface area (Å²) in [4.78, 5) is 20.9. The van der Waals surface area contributed by atoms with E-state index >= 15 is 0 Å². The zero-order valence-electron chi connectivity index (χ0n) is 14.4. The van der Waals surface area contributed by atoms with Crippen LogP contribution in [-0.4, -0.2) is 65.8 Å². The van der Waals surface area contributed by atoms with Crippen LogP contribution in [0.5, 0.6) is 0 Å². The Morgan fingerprint density at radius 2 is 2.27 bits per heavy atom. The lowest BCUT2D eigenvalue weighted by molar-refractivity contribution is -0.0799. The summed E-state index contributed by atoms with van der Waals surface area (Å²) in [5.74, 6) is 0.614. The number of thioether (sulfide) groups is 1.